The second kappa shape index (κ2) is 3.73. The largest absolute Gasteiger partial charge is 0.257 e. The molecule has 0 atom stereocenters. The van der Waals surface area contributed by atoms with E-state index in [1.165, 1.54) is 0 Å². The van der Waals surface area contributed by atoms with Crippen LogP contribution in [0.15, 0.2) is 0 Å². The Morgan fingerprint density at radius 2 is 1.43 bits per heavy atom. The maximum Gasteiger partial charge on any atom is 0.255 e. The molecule has 0 spiro atoms. The zero-order valence-corrected chi connectivity index (χ0v) is 7.20. The van der Waals surface area contributed by atoms with Gasteiger partial charge in [-0.3, -0.25) is 4.79 Å². The Balaban J connectivity index is 0. The first-order valence-electron chi connectivity index (χ1n) is 1.84. The van der Waals surface area contributed by atoms with Crippen LogP contribution in [0.2, 0.25) is 0 Å². The SMILES string of the molecule is C[P+](C)(C)C=O.[Pd]. The second-order valence-electron chi connectivity index (χ2n) is 2.22. The smallest absolute Gasteiger partial charge is 0.255 e. The van der Waals surface area contributed by atoms with Crippen molar-refractivity contribution >= 4 is 13.3 Å². The molecule has 0 rings (SSSR count). The van der Waals surface area contributed by atoms with Crippen molar-refractivity contribution in [2.24, 2.45) is 0 Å². The van der Waals surface area contributed by atoms with Crippen LogP contribution in [0.25, 0.3) is 0 Å². The Morgan fingerprint density at radius 3 is 1.43 bits per heavy atom. The van der Waals surface area contributed by atoms with Gasteiger partial charge in [0.2, 0.25) is 0 Å². The quantitative estimate of drug-likeness (QED) is 0.360. The molecule has 0 aromatic rings. The van der Waals surface area contributed by atoms with Crippen molar-refractivity contribution in [2.45, 2.75) is 0 Å². The molecule has 0 N–H and O–H groups in total. The van der Waals surface area contributed by atoms with E-state index < -0.39 is 7.26 Å². The molecule has 7 heavy (non-hydrogen) atoms. The maximum atomic E-state index is 9.88. The average molecular weight is 212 g/mol. The van der Waals surface area contributed by atoms with Gasteiger partial charge in [0, 0.05) is 20.4 Å². The topological polar surface area (TPSA) is 17.1 Å². The summed E-state index contributed by atoms with van der Waals surface area (Å²) in [5.74, 6) is 0. The van der Waals surface area contributed by atoms with E-state index in [9.17, 15) is 4.79 Å². The molecule has 0 radical (unpaired) electrons. The monoisotopic (exact) mass is 211 g/mol. The van der Waals surface area contributed by atoms with Crippen LogP contribution in [0.1, 0.15) is 0 Å². The minimum atomic E-state index is -1.08. The summed E-state index contributed by atoms with van der Waals surface area (Å²) in [6.45, 7) is 5.96. The zero-order valence-electron chi connectivity index (χ0n) is 4.75. The van der Waals surface area contributed by atoms with Crippen molar-refractivity contribution < 1.29 is 25.2 Å². The van der Waals surface area contributed by atoms with Gasteiger partial charge in [-0.2, -0.15) is 0 Å². The number of carbonyl (C=O) groups excluding carboxylic acids is 1. The number of hydrogen-bond acceptors (Lipinski definition) is 1. The van der Waals surface area contributed by atoms with Gasteiger partial charge in [0.1, 0.15) is 0 Å². The van der Waals surface area contributed by atoms with Gasteiger partial charge in [0.25, 0.3) is 6.03 Å². The third-order valence-corrected chi connectivity index (χ3v) is 0.949. The third-order valence-electron chi connectivity index (χ3n) is 0.316. The van der Waals surface area contributed by atoms with Crippen molar-refractivity contribution in [1.29, 1.82) is 0 Å². The first-order chi connectivity index (χ1) is 2.56. The van der Waals surface area contributed by atoms with Crippen LogP contribution in [0, 0.1) is 0 Å². The molecule has 46 valence electrons. The van der Waals surface area contributed by atoms with Gasteiger partial charge in [-0.05, 0) is 0 Å². The van der Waals surface area contributed by atoms with Crippen LogP contribution in [0.4, 0.5) is 0 Å². The molecular formula is C4H10OPPd+. The third kappa shape index (κ3) is 10.8. The van der Waals surface area contributed by atoms with Crippen LogP contribution in [0.3, 0.4) is 0 Å². The van der Waals surface area contributed by atoms with Crippen LogP contribution < -0.4 is 0 Å². The molecule has 0 aromatic carbocycles. The fourth-order valence-electron chi connectivity index (χ4n) is 0. The van der Waals surface area contributed by atoms with E-state index >= 15 is 0 Å². The molecule has 0 unspecified atom stereocenters. The van der Waals surface area contributed by atoms with E-state index in [4.69, 9.17) is 0 Å². The van der Waals surface area contributed by atoms with E-state index in [1.807, 2.05) is 20.0 Å². The minimum Gasteiger partial charge on any atom is -0.257 e. The van der Waals surface area contributed by atoms with Gasteiger partial charge in [-0.1, -0.05) is 0 Å². The summed E-state index contributed by atoms with van der Waals surface area (Å²) in [5.41, 5.74) is 0. The summed E-state index contributed by atoms with van der Waals surface area (Å²) >= 11 is 0. The molecule has 0 bridgehead atoms. The van der Waals surface area contributed by atoms with Gasteiger partial charge < -0.3 is 0 Å². The molecule has 0 fully saturated rings. The second-order valence-corrected chi connectivity index (χ2v) is 6.66. The van der Waals surface area contributed by atoms with E-state index in [1.54, 1.807) is 0 Å². The van der Waals surface area contributed by atoms with Gasteiger partial charge in [-0.25, -0.2) is 0 Å². The molecule has 1 nitrogen and oxygen atoms in total. The summed E-state index contributed by atoms with van der Waals surface area (Å²) < 4.78 is 0. The normalized spacial score (nSPS) is 9.57. The first-order valence-corrected chi connectivity index (χ1v) is 5.04. The van der Waals surface area contributed by atoms with Crippen LogP contribution in [0.5, 0.6) is 0 Å². The molecular weight excluding hydrogens is 201 g/mol. The number of carbonyl (C=O) groups is 1. The maximum absolute atomic E-state index is 9.88. The fourth-order valence-corrected chi connectivity index (χ4v) is 0. The minimum absolute atomic E-state index is 0. The van der Waals surface area contributed by atoms with Crippen molar-refractivity contribution in [3.8, 4) is 0 Å². The number of rotatable bonds is 1. The Kier molecular flexibility index (Phi) is 5.69. The molecule has 0 aliphatic carbocycles. The zero-order chi connectivity index (χ0) is 5.21. The molecule has 0 aromatic heterocycles. The first kappa shape index (κ1) is 10.7. The Hall–Kier alpha value is 0.762. The van der Waals surface area contributed by atoms with Gasteiger partial charge in [-0.15, -0.1) is 0 Å². The Labute approximate surface area is 58.9 Å². The Bertz CT molecular complexity index is 57.2. The standard InChI is InChI=1S/C4H10OP.Pd/c1-6(2,3)4-5;/h4H,1-3H3;/q+1;. The van der Waals surface area contributed by atoms with Crippen LogP contribution in [-0.2, 0) is 25.2 Å². The van der Waals surface area contributed by atoms with Crippen molar-refractivity contribution in [1.82, 2.24) is 0 Å². The molecule has 0 saturated carbocycles. The Morgan fingerprint density at radius 1 is 1.29 bits per heavy atom. The fraction of sp³-hybridized carbons (Fsp3) is 0.750. The van der Waals surface area contributed by atoms with E-state index in [-0.39, 0.29) is 20.4 Å². The average Bonchev–Trinajstić information content (AvgIpc) is 1.35. The predicted octanol–water partition coefficient (Wildman–Crippen LogP) is 1.08. The van der Waals surface area contributed by atoms with Gasteiger partial charge in [0.15, 0.2) is 0 Å². The van der Waals surface area contributed by atoms with Gasteiger partial charge >= 0.3 is 0 Å². The van der Waals surface area contributed by atoms with E-state index in [0.717, 1.165) is 6.03 Å². The van der Waals surface area contributed by atoms with Crippen LogP contribution >= 0.6 is 7.26 Å². The molecule has 0 saturated heterocycles. The van der Waals surface area contributed by atoms with Gasteiger partial charge in [0.05, 0.1) is 27.3 Å². The summed E-state index contributed by atoms with van der Waals surface area (Å²) in [6.07, 6.45) is 0. The summed E-state index contributed by atoms with van der Waals surface area (Å²) in [6, 6.07) is 1.05. The summed E-state index contributed by atoms with van der Waals surface area (Å²) in [5, 5.41) is 0. The summed E-state index contributed by atoms with van der Waals surface area (Å²) in [4.78, 5) is 9.88. The predicted molar refractivity (Wildman–Crippen MR) is 31.4 cm³/mol. The molecule has 0 amide bonds. The summed E-state index contributed by atoms with van der Waals surface area (Å²) in [7, 11) is -1.08. The molecule has 3 heteroatoms. The van der Waals surface area contributed by atoms with Crippen LogP contribution in [-0.4, -0.2) is 26.0 Å². The van der Waals surface area contributed by atoms with Crippen molar-refractivity contribution in [3.63, 3.8) is 0 Å². The van der Waals surface area contributed by atoms with E-state index in [0.29, 0.717) is 0 Å². The van der Waals surface area contributed by atoms with Crippen molar-refractivity contribution in [2.75, 3.05) is 20.0 Å². The van der Waals surface area contributed by atoms with Crippen molar-refractivity contribution in [3.05, 3.63) is 0 Å². The number of hydrogen-bond donors (Lipinski definition) is 0. The molecule has 0 aliphatic heterocycles. The van der Waals surface area contributed by atoms with E-state index in [2.05, 4.69) is 0 Å². The molecule has 0 heterocycles. The molecule has 0 aliphatic rings.